The highest BCUT2D eigenvalue weighted by molar-refractivity contribution is 5.92. The average molecular weight is 266 g/mol. The lowest BCUT2D eigenvalue weighted by Gasteiger charge is -2.15. The normalized spacial score (nSPS) is 15.1. The number of nitrogens with one attached hydrogen (secondary N) is 1. The minimum atomic E-state index is -0.221. The van der Waals surface area contributed by atoms with E-state index < -0.39 is 0 Å². The van der Waals surface area contributed by atoms with Gasteiger partial charge in [0, 0.05) is 19.2 Å². The zero-order valence-electron chi connectivity index (χ0n) is 12.8. The molecule has 0 saturated heterocycles. The number of aryl methyl sites for hydroxylation is 1. The highest BCUT2D eigenvalue weighted by atomic mass is 16.2. The van der Waals surface area contributed by atoms with Gasteiger partial charge in [0.15, 0.2) is 0 Å². The Hall–Kier alpha value is -1.36. The van der Waals surface area contributed by atoms with Crippen LogP contribution >= 0.6 is 0 Å². The molecule has 0 aromatic carbocycles. The molecule has 0 fully saturated rings. The second-order valence-electron chi connectivity index (χ2n) is 6.52. The quantitative estimate of drug-likeness (QED) is 0.874. The number of nitrogens with two attached hydrogens (primary N) is 1. The number of anilines is 1. The van der Waals surface area contributed by atoms with Crippen molar-refractivity contribution in [1.82, 2.24) is 9.78 Å². The van der Waals surface area contributed by atoms with E-state index in [2.05, 4.69) is 31.2 Å². The van der Waals surface area contributed by atoms with Crippen LogP contribution in [0.5, 0.6) is 0 Å². The molecule has 2 atom stereocenters. The van der Waals surface area contributed by atoms with Gasteiger partial charge in [0.2, 0.25) is 5.91 Å². The van der Waals surface area contributed by atoms with Crippen LogP contribution in [-0.4, -0.2) is 21.7 Å². The van der Waals surface area contributed by atoms with Crippen molar-refractivity contribution in [2.75, 3.05) is 5.32 Å². The van der Waals surface area contributed by atoms with Crippen molar-refractivity contribution >= 4 is 11.7 Å². The monoisotopic (exact) mass is 266 g/mol. The van der Waals surface area contributed by atoms with Crippen molar-refractivity contribution in [2.24, 2.45) is 24.1 Å². The molecule has 1 aromatic heterocycles. The van der Waals surface area contributed by atoms with Gasteiger partial charge in [-0.25, -0.2) is 0 Å². The molecule has 0 aliphatic rings. The smallest absolute Gasteiger partial charge is 0.229 e. The summed E-state index contributed by atoms with van der Waals surface area (Å²) in [7, 11) is 1.83. The topological polar surface area (TPSA) is 72.9 Å². The molecule has 0 aliphatic carbocycles. The Kier molecular flexibility index (Phi) is 4.74. The average Bonchev–Trinajstić information content (AvgIpc) is 2.54. The van der Waals surface area contributed by atoms with Crippen LogP contribution in [0.4, 0.5) is 5.82 Å². The third-order valence-electron chi connectivity index (χ3n) is 3.10. The van der Waals surface area contributed by atoms with Gasteiger partial charge in [0.25, 0.3) is 0 Å². The fraction of sp³-hybridized carbons (Fsp3) is 0.714. The molecule has 0 spiro atoms. The molecular formula is C14H26N4O. The lowest BCUT2D eigenvalue weighted by Crippen LogP contribution is -2.34. The van der Waals surface area contributed by atoms with Crippen LogP contribution in [0.2, 0.25) is 0 Å². The maximum absolute atomic E-state index is 12.0. The van der Waals surface area contributed by atoms with Crippen LogP contribution in [0.15, 0.2) is 6.07 Å². The summed E-state index contributed by atoms with van der Waals surface area (Å²) in [4.78, 5) is 12.0. The third-order valence-corrected chi connectivity index (χ3v) is 3.10. The van der Waals surface area contributed by atoms with Crippen molar-refractivity contribution in [3.05, 3.63) is 11.8 Å². The fourth-order valence-corrected chi connectivity index (χ4v) is 1.75. The Morgan fingerprint density at radius 1 is 1.47 bits per heavy atom. The van der Waals surface area contributed by atoms with E-state index in [0.717, 1.165) is 17.9 Å². The molecule has 1 heterocycles. The summed E-state index contributed by atoms with van der Waals surface area (Å²) in [5, 5.41) is 7.30. The Balaban J connectivity index is 2.77. The molecule has 0 radical (unpaired) electrons. The molecule has 5 nitrogen and oxygen atoms in total. The molecule has 5 heteroatoms. The SMILES string of the molecule is CC(N)C(C)C(=O)Nc1cc(CC(C)(C)C)nn1C. The van der Waals surface area contributed by atoms with E-state index in [1.807, 2.05) is 27.0 Å². The van der Waals surface area contributed by atoms with Crippen LogP contribution in [-0.2, 0) is 18.3 Å². The zero-order valence-corrected chi connectivity index (χ0v) is 12.8. The number of carbonyl (C=O) groups excluding carboxylic acids is 1. The first-order chi connectivity index (χ1) is 8.60. The Morgan fingerprint density at radius 3 is 2.53 bits per heavy atom. The highest BCUT2D eigenvalue weighted by Gasteiger charge is 2.20. The van der Waals surface area contributed by atoms with Gasteiger partial charge in [-0.2, -0.15) is 5.10 Å². The van der Waals surface area contributed by atoms with Gasteiger partial charge in [0.1, 0.15) is 5.82 Å². The molecule has 2 unspecified atom stereocenters. The minimum absolute atomic E-state index is 0.0692. The second kappa shape index (κ2) is 5.74. The summed E-state index contributed by atoms with van der Waals surface area (Å²) in [6, 6.07) is 1.76. The third kappa shape index (κ3) is 4.67. The Labute approximate surface area is 115 Å². The molecular weight excluding hydrogens is 240 g/mol. The van der Waals surface area contributed by atoms with Gasteiger partial charge in [-0.1, -0.05) is 27.7 Å². The number of nitrogens with zero attached hydrogens (tertiary/aromatic N) is 2. The van der Waals surface area contributed by atoms with Crippen molar-refractivity contribution in [1.29, 1.82) is 0 Å². The van der Waals surface area contributed by atoms with E-state index in [0.29, 0.717) is 0 Å². The molecule has 1 rings (SSSR count). The molecule has 3 N–H and O–H groups in total. The van der Waals surface area contributed by atoms with Crippen molar-refractivity contribution < 1.29 is 4.79 Å². The second-order valence-corrected chi connectivity index (χ2v) is 6.52. The predicted octanol–water partition coefficient (Wildman–Crippen LogP) is 1.93. The number of aromatic nitrogens is 2. The summed E-state index contributed by atoms with van der Waals surface area (Å²) in [5.74, 6) is 0.429. The number of rotatable bonds is 4. The molecule has 0 bridgehead atoms. The van der Waals surface area contributed by atoms with Gasteiger partial charge in [-0.3, -0.25) is 9.48 Å². The lowest BCUT2D eigenvalue weighted by molar-refractivity contribution is -0.119. The predicted molar refractivity (Wildman–Crippen MR) is 77.8 cm³/mol. The first-order valence-corrected chi connectivity index (χ1v) is 6.69. The van der Waals surface area contributed by atoms with E-state index >= 15 is 0 Å². The summed E-state index contributed by atoms with van der Waals surface area (Å²) < 4.78 is 1.70. The van der Waals surface area contributed by atoms with E-state index in [9.17, 15) is 4.79 Å². The number of amides is 1. The van der Waals surface area contributed by atoms with Crippen LogP contribution in [0.3, 0.4) is 0 Å². The summed E-state index contributed by atoms with van der Waals surface area (Å²) >= 11 is 0. The maximum atomic E-state index is 12.0. The fourth-order valence-electron chi connectivity index (χ4n) is 1.75. The van der Waals surface area contributed by atoms with Crippen LogP contribution in [0.25, 0.3) is 0 Å². The van der Waals surface area contributed by atoms with Crippen molar-refractivity contribution in [3.63, 3.8) is 0 Å². The maximum Gasteiger partial charge on any atom is 0.229 e. The zero-order chi connectivity index (χ0) is 14.8. The van der Waals surface area contributed by atoms with Crippen LogP contribution < -0.4 is 11.1 Å². The summed E-state index contributed by atoms with van der Waals surface area (Å²) in [6.07, 6.45) is 0.875. The Bertz CT molecular complexity index is 443. The van der Waals surface area contributed by atoms with Gasteiger partial charge < -0.3 is 11.1 Å². The Morgan fingerprint density at radius 2 is 2.05 bits per heavy atom. The molecule has 0 aliphatic heterocycles. The molecule has 1 aromatic rings. The van der Waals surface area contributed by atoms with Crippen molar-refractivity contribution in [2.45, 2.75) is 47.1 Å². The van der Waals surface area contributed by atoms with Crippen LogP contribution in [0.1, 0.15) is 40.3 Å². The van der Waals surface area contributed by atoms with E-state index in [1.165, 1.54) is 0 Å². The largest absolute Gasteiger partial charge is 0.327 e. The van der Waals surface area contributed by atoms with Crippen LogP contribution in [0, 0.1) is 11.3 Å². The highest BCUT2D eigenvalue weighted by Crippen LogP contribution is 2.21. The van der Waals surface area contributed by atoms with Gasteiger partial charge in [-0.05, 0) is 18.8 Å². The molecule has 1 amide bonds. The first kappa shape index (κ1) is 15.7. The summed E-state index contributed by atoms with van der Waals surface area (Å²) in [6.45, 7) is 10.2. The van der Waals surface area contributed by atoms with Gasteiger partial charge >= 0.3 is 0 Å². The van der Waals surface area contributed by atoms with Gasteiger partial charge in [-0.15, -0.1) is 0 Å². The number of hydrogen-bond donors (Lipinski definition) is 2. The number of hydrogen-bond acceptors (Lipinski definition) is 3. The number of carbonyl (C=O) groups is 1. The molecule has 0 saturated carbocycles. The lowest BCUT2D eigenvalue weighted by atomic mass is 9.91. The standard InChI is InChI=1S/C14H26N4O/c1-9(10(2)15)13(19)16-12-7-11(17-18(12)6)8-14(3,4)5/h7,9-10H,8,15H2,1-6H3,(H,16,19). The first-order valence-electron chi connectivity index (χ1n) is 6.69. The van der Waals surface area contributed by atoms with Crippen molar-refractivity contribution in [3.8, 4) is 0 Å². The summed E-state index contributed by atoms with van der Waals surface area (Å²) in [5.41, 5.74) is 6.89. The molecule has 108 valence electrons. The molecule has 19 heavy (non-hydrogen) atoms. The van der Waals surface area contributed by atoms with E-state index in [4.69, 9.17) is 5.73 Å². The van der Waals surface area contributed by atoms with E-state index in [1.54, 1.807) is 4.68 Å². The minimum Gasteiger partial charge on any atom is -0.327 e. The van der Waals surface area contributed by atoms with Gasteiger partial charge in [0.05, 0.1) is 11.6 Å². The van der Waals surface area contributed by atoms with E-state index in [-0.39, 0.29) is 23.3 Å².